The number of piperidine rings is 1. The van der Waals surface area contributed by atoms with E-state index in [4.69, 9.17) is 37.2 Å². The van der Waals surface area contributed by atoms with Gasteiger partial charge >= 0.3 is 0 Å². The summed E-state index contributed by atoms with van der Waals surface area (Å²) >= 11 is 13.0. The van der Waals surface area contributed by atoms with Crippen LogP contribution in [0, 0.1) is 11.7 Å². The first-order chi connectivity index (χ1) is 22.3. The number of ether oxygens (including phenoxy) is 2. The van der Waals surface area contributed by atoms with Crippen LogP contribution in [-0.2, 0) is 30.9 Å². The van der Waals surface area contributed by atoms with E-state index in [1.165, 1.54) is 12.1 Å². The molecule has 250 valence electrons. The SMILES string of the molecule is CC1(C)CC(S(=O)(=O)NC(=O)c2ccc(N3C(=O)[C@@H]4C[C@H]3C[C@H]4OCc3c(-c4c(Cl)cccc4Cl)noc3C3CC3)cc2F)CCO1. The van der Waals surface area contributed by atoms with Gasteiger partial charge in [-0.1, -0.05) is 34.4 Å². The third-order valence-electron chi connectivity index (χ3n) is 9.61. The number of rotatable bonds is 9. The molecule has 3 aromatic rings. The highest BCUT2D eigenvalue weighted by Gasteiger charge is 2.52. The smallest absolute Gasteiger partial charge is 0.267 e. The van der Waals surface area contributed by atoms with Crippen LogP contribution >= 0.6 is 23.2 Å². The maximum Gasteiger partial charge on any atom is 0.267 e. The van der Waals surface area contributed by atoms with Crippen LogP contribution < -0.4 is 9.62 Å². The highest BCUT2D eigenvalue weighted by molar-refractivity contribution is 7.90. The number of amides is 2. The quantitative estimate of drug-likeness (QED) is 0.271. The molecule has 2 saturated carbocycles. The molecular formula is C33H34Cl2FN3O7S. The van der Waals surface area contributed by atoms with Gasteiger partial charge in [0, 0.05) is 35.4 Å². The van der Waals surface area contributed by atoms with Crippen LogP contribution in [0.2, 0.25) is 10.0 Å². The van der Waals surface area contributed by atoms with Crippen molar-refractivity contribution in [2.24, 2.45) is 5.92 Å². The molecule has 2 aromatic carbocycles. The fraction of sp³-hybridized carbons (Fsp3) is 0.485. The highest BCUT2D eigenvalue weighted by atomic mass is 35.5. The zero-order valence-electron chi connectivity index (χ0n) is 25.8. The number of fused-ring (bicyclic) bond motifs is 2. The number of nitrogens with zero attached hydrogens (tertiary/aromatic N) is 2. The largest absolute Gasteiger partial charge is 0.375 e. The van der Waals surface area contributed by atoms with E-state index in [-0.39, 0.29) is 50.0 Å². The fourth-order valence-electron chi connectivity index (χ4n) is 7.11. The van der Waals surface area contributed by atoms with E-state index in [0.29, 0.717) is 39.8 Å². The van der Waals surface area contributed by atoms with Crippen molar-refractivity contribution in [1.82, 2.24) is 9.88 Å². The molecule has 0 spiro atoms. The number of benzene rings is 2. The Balaban J connectivity index is 1.03. The van der Waals surface area contributed by atoms with Gasteiger partial charge in [0.1, 0.15) is 17.3 Å². The van der Waals surface area contributed by atoms with Crippen molar-refractivity contribution in [2.75, 3.05) is 11.5 Å². The molecule has 7 rings (SSSR count). The van der Waals surface area contributed by atoms with Gasteiger partial charge in [-0.15, -0.1) is 0 Å². The van der Waals surface area contributed by atoms with Crippen LogP contribution in [0.5, 0.6) is 0 Å². The highest BCUT2D eigenvalue weighted by Crippen LogP contribution is 2.48. The van der Waals surface area contributed by atoms with Crippen molar-refractivity contribution in [3.63, 3.8) is 0 Å². The predicted octanol–water partition coefficient (Wildman–Crippen LogP) is 6.39. The van der Waals surface area contributed by atoms with Gasteiger partial charge in [0.05, 0.1) is 45.1 Å². The Hall–Kier alpha value is -3.03. The van der Waals surface area contributed by atoms with E-state index in [1.807, 2.05) is 4.72 Å². The average molecular weight is 707 g/mol. The number of anilines is 1. The summed E-state index contributed by atoms with van der Waals surface area (Å²) in [5.41, 5.74) is 1.11. The van der Waals surface area contributed by atoms with Crippen molar-refractivity contribution < 1.29 is 36.4 Å². The van der Waals surface area contributed by atoms with Gasteiger partial charge in [-0.3, -0.25) is 9.59 Å². The third kappa shape index (κ3) is 6.19. The summed E-state index contributed by atoms with van der Waals surface area (Å²) in [5.74, 6) is -1.61. The first-order valence-corrected chi connectivity index (χ1v) is 18.0. The molecule has 2 bridgehead atoms. The van der Waals surface area contributed by atoms with Gasteiger partial charge in [-0.2, -0.15) is 0 Å². The standard InChI is InChI=1S/C33H34Cl2FN3O7S/c1-33(2)15-20(10-11-45-33)47(42,43)38-31(40)21-9-8-18(13-26(21)36)39-19-12-22(32(39)41)27(14-19)44-16-23-29(37-46-30(23)17-6-7-17)28-24(34)4-3-5-25(28)35/h3-5,8-9,13,17,19-20,22,27H,6-7,10-12,14-16H2,1-2H3,(H,38,40)/t19-,20?,22+,27+/m0/s1. The average Bonchev–Trinajstić information content (AvgIpc) is 3.51. The summed E-state index contributed by atoms with van der Waals surface area (Å²) < 4.78 is 60.8. The van der Waals surface area contributed by atoms with Crippen molar-refractivity contribution in [3.8, 4) is 11.3 Å². The Kier molecular flexibility index (Phi) is 8.40. The van der Waals surface area contributed by atoms with Gasteiger partial charge < -0.3 is 18.9 Å². The van der Waals surface area contributed by atoms with Gasteiger partial charge in [-0.25, -0.2) is 17.5 Å². The van der Waals surface area contributed by atoms with Crippen LogP contribution in [-0.4, -0.2) is 55.0 Å². The third-order valence-corrected chi connectivity index (χ3v) is 12.0. The number of nitrogens with one attached hydrogen (secondary N) is 1. The molecule has 1 unspecified atom stereocenters. The van der Waals surface area contributed by atoms with Crippen LogP contribution in [0.25, 0.3) is 11.3 Å². The predicted molar refractivity (Wildman–Crippen MR) is 172 cm³/mol. The fourth-order valence-corrected chi connectivity index (χ4v) is 9.25. The number of carbonyl (C=O) groups excluding carboxylic acids is 2. The topological polar surface area (TPSA) is 128 Å². The second-order valence-corrected chi connectivity index (χ2v) is 16.2. The summed E-state index contributed by atoms with van der Waals surface area (Å²) in [6.07, 6.45) is 3.12. The minimum Gasteiger partial charge on any atom is -0.375 e. The lowest BCUT2D eigenvalue weighted by molar-refractivity contribution is -0.126. The molecule has 2 amide bonds. The Morgan fingerprint density at radius 1 is 1.15 bits per heavy atom. The van der Waals surface area contributed by atoms with E-state index in [1.54, 1.807) is 36.9 Å². The van der Waals surface area contributed by atoms with Crippen molar-refractivity contribution in [1.29, 1.82) is 0 Å². The molecule has 47 heavy (non-hydrogen) atoms. The van der Waals surface area contributed by atoms with Crippen LogP contribution in [0.3, 0.4) is 0 Å². The summed E-state index contributed by atoms with van der Waals surface area (Å²) in [6.45, 7) is 3.98. The number of aromatic nitrogens is 1. The van der Waals surface area contributed by atoms with Crippen molar-refractivity contribution in [3.05, 3.63) is 69.1 Å². The molecule has 14 heteroatoms. The molecule has 4 atom stereocenters. The molecule has 1 N–H and O–H groups in total. The first kappa shape index (κ1) is 32.5. The van der Waals surface area contributed by atoms with E-state index in [2.05, 4.69) is 5.16 Å². The molecule has 4 fully saturated rings. The summed E-state index contributed by atoms with van der Waals surface area (Å²) in [7, 11) is -4.06. The maximum absolute atomic E-state index is 15.3. The molecule has 2 saturated heterocycles. The maximum atomic E-state index is 15.3. The minimum absolute atomic E-state index is 0.167. The van der Waals surface area contributed by atoms with Crippen LogP contribution in [0.4, 0.5) is 10.1 Å². The second-order valence-electron chi connectivity index (χ2n) is 13.4. The molecule has 4 aliphatic rings. The number of halogens is 3. The molecule has 2 aliphatic carbocycles. The van der Waals surface area contributed by atoms with Crippen LogP contribution in [0.1, 0.15) is 80.0 Å². The normalized spacial score (nSPS) is 25.4. The lowest BCUT2D eigenvalue weighted by atomic mass is 9.98. The van der Waals surface area contributed by atoms with Gasteiger partial charge in [-0.05, 0) is 82.7 Å². The first-order valence-electron chi connectivity index (χ1n) is 15.7. The summed E-state index contributed by atoms with van der Waals surface area (Å²) in [6, 6.07) is 8.79. The lowest BCUT2D eigenvalue weighted by Crippen LogP contribution is -2.46. The Morgan fingerprint density at radius 2 is 1.89 bits per heavy atom. The van der Waals surface area contributed by atoms with E-state index in [0.717, 1.165) is 30.2 Å². The van der Waals surface area contributed by atoms with E-state index < -0.39 is 44.1 Å². The lowest BCUT2D eigenvalue weighted by Gasteiger charge is -2.35. The Morgan fingerprint density at radius 3 is 2.55 bits per heavy atom. The number of hydrogen-bond donors (Lipinski definition) is 1. The molecule has 2 aliphatic heterocycles. The van der Waals surface area contributed by atoms with Crippen molar-refractivity contribution >= 4 is 50.7 Å². The van der Waals surface area contributed by atoms with Crippen LogP contribution in [0.15, 0.2) is 40.9 Å². The van der Waals surface area contributed by atoms with Crippen molar-refractivity contribution in [2.45, 2.75) is 87.9 Å². The Labute approximate surface area is 281 Å². The minimum atomic E-state index is -4.06. The number of carbonyl (C=O) groups is 2. The molecule has 10 nitrogen and oxygen atoms in total. The second kappa shape index (κ2) is 12.1. The monoisotopic (exact) mass is 705 g/mol. The summed E-state index contributed by atoms with van der Waals surface area (Å²) in [5, 5.41) is 4.36. The van der Waals surface area contributed by atoms with Gasteiger partial charge in [0.15, 0.2) is 0 Å². The Bertz CT molecular complexity index is 1840. The molecule has 0 radical (unpaired) electrons. The number of hydrogen-bond acceptors (Lipinski definition) is 8. The molecular weight excluding hydrogens is 672 g/mol. The molecule has 1 aromatic heterocycles. The zero-order valence-corrected chi connectivity index (χ0v) is 28.1. The van der Waals surface area contributed by atoms with Gasteiger partial charge in [0.2, 0.25) is 15.9 Å². The summed E-state index contributed by atoms with van der Waals surface area (Å²) in [4.78, 5) is 27.9. The van der Waals surface area contributed by atoms with Gasteiger partial charge in [0.25, 0.3) is 5.91 Å². The van der Waals surface area contributed by atoms with E-state index >= 15 is 4.39 Å². The molecule has 3 heterocycles. The number of sulfonamides is 1. The zero-order chi connectivity index (χ0) is 33.2. The van der Waals surface area contributed by atoms with E-state index in [9.17, 15) is 18.0 Å².